The molecule has 0 heterocycles. The Morgan fingerprint density at radius 1 is 0.750 bits per heavy atom. The molecule has 0 saturated carbocycles. The lowest BCUT2D eigenvalue weighted by atomic mass is 10.2. The fourth-order valence-corrected chi connectivity index (χ4v) is 4.27. The van der Waals surface area contributed by atoms with E-state index in [1.807, 2.05) is 24.3 Å². The summed E-state index contributed by atoms with van der Waals surface area (Å²) in [5, 5.41) is 0. The van der Waals surface area contributed by atoms with Crippen molar-refractivity contribution in [1.82, 2.24) is 0 Å². The maximum Gasteiger partial charge on any atom is 0.118 e. The van der Waals surface area contributed by atoms with Gasteiger partial charge in [0.1, 0.15) is 11.5 Å². The minimum atomic E-state index is -0.534. The van der Waals surface area contributed by atoms with Gasteiger partial charge in [0, 0.05) is 20.5 Å². The molecule has 3 nitrogen and oxygen atoms in total. The molecule has 2 aromatic rings. The van der Waals surface area contributed by atoms with E-state index in [2.05, 4.69) is 31.2 Å². The van der Waals surface area contributed by atoms with Crippen molar-refractivity contribution in [3.05, 3.63) is 59.7 Å². The number of rotatable bonds is 10. The second kappa shape index (κ2) is 10.3. The van der Waals surface area contributed by atoms with Gasteiger partial charge in [-0.05, 0) is 41.8 Å². The first-order chi connectivity index (χ1) is 11.7. The molecule has 4 heteroatoms. The lowest BCUT2D eigenvalue weighted by Gasteiger charge is -2.18. The van der Waals surface area contributed by atoms with Crippen LogP contribution in [0.3, 0.4) is 0 Å². The Morgan fingerprint density at radius 2 is 1.21 bits per heavy atom. The van der Waals surface area contributed by atoms with Crippen LogP contribution in [0, 0.1) is 0 Å². The summed E-state index contributed by atoms with van der Waals surface area (Å²) in [6.45, 7) is 3.03. The van der Waals surface area contributed by atoms with E-state index in [1.54, 1.807) is 14.2 Å². The SMILES string of the molecule is CCCCOP(Cc1ccc(OC)cc1)Cc1ccc(OC)cc1. The average molecular weight is 346 g/mol. The van der Waals surface area contributed by atoms with Gasteiger partial charge in [0.2, 0.25) is 0 Å². The summed E-state index contributed by atoms with van der Waals surface area (Å²) in [6.07, 6.45) is 4.21. The minimum absolute atomic E-state index is 0.534. The Balaban J connectivity index is 2.01. The molecule has 130 valence electrons. The van der Waals surface area contributed by atoms with Crippen LogP contribution in [-0.2, 0) is 16.8 Å². The molecule has 0 atom stereocenters. The van der Waals surface area contributed by atoms with Gasteiger partial charge in [0.15, 0.2) is 0 Å². The predicted octanol–water partition coefficient (Wildman–Crippen LogP) is 5.62. The molecular weight excluding hydrogens is 319 g/mol. The zero-order valence-corrected chi connectivity index (χ0v) is 15.7. The second-order valence-electron chi connectivity index (χ2n) is 5.68. The van der Waals surface area contributed by atoms with Crippen LogP contribution in [0.25, 0.3) is 0 Å². The summed E-state index contributed by atoms with van der Waals surface area (Å²) in [5.41, 5.74) is 2.60. The van der Waals surface area contributed by atoms with E-state index in [-0.39, 0.29) is 0 Å². The molecule has 0 bridgehead atoms. The van der Waals surface area contributed by atoms with Crippen molar-refractivity contribution in [1.29, 1.82) is 0 Å². The molecule has 0 N–H and O–H groups in total. The summed E-state index contributed by atoms with van der Waals surface area (Å²) in [5.74, 6) is 1.79. The van der Waals surface area contributed by atoms with E-state index in [0.29, 0.717) is 0 Å². The maximum absolute atomic E-state index is 6.21. The topological polar surface area (TPSA) is 27.7 Å². The monoisotopic (exact) mass is 346 g/mol. The Bertz CT molecular complexity index is 531. The van der Waals surface area contributed by atoms with Crippen molar-refractivity contribution < 1.29 is 14.0 Å². The van der Waals surface area contributed by atoms with Gasteiger partial charge in [-0.25, -0.2) is 0 Å². The third-order valence-corrected chi connectivity index (χ3v) is 5.79. The Hall–Kier alpha value is -1.57. The van der Waals surface area contributed by atoms with Gasteiger partial charge in [-0.1, -0.05) is 37.6 Å². The normalized spacial score (nSPS) is 10.8. The van der Waals surface area contributed by atoms with Crippen LogP contribution in [0.4, 0.5) is 0 Å². The third-order valence-electron chi connectivity index (χ3n) is 3.81. The molecular formula is C20H27O3P. The smallest absolute Gasteiger partial charge is 0.118 e. The zero-order valence-electron chi connectivity index (χ0n) is 14.8. The third kappa shape index (κ3) is 6.14. The van der Waals surface area contributed by atoms with E-state index >= 15 is 0 Å². The molecule has 0 unspecified atom stereocenters. The molecule has 0 aliphatic rings. The Morgan fingerprint density at radius 3 is 1.58 bits per heavy atom. The van der Waals surface area contributed by atoms with Gasteiger partial charge in [-0.3, -0.25) is 0 Å². The highest BCUT2D eigenvalue weighted by Gasteiger charge is 2.12. The van der Waals surface area contributed by atoms with Crippen molar-refractivity contribution >= 4 is 8.15 Å². The molecule has 0 aliphatic carbocycles. The lowest BCUT2D eigenvalue weighted by Crippen LogP contribution is -1.96. The predicted molar refractivity (Wildman–Crippen MR) is 101 cm³/mol. The van der Waals surface area contributed by atoms with Gasteiger partial charge in [-0.2, -0.15) is 0 Å². The molecule has 0 amide bonds. The number of methoxy groups -OCH3 is 2. The highest BCUT2D eigenvalue weighted by molar-refractivity contribution is 7.50. The number of hydrogen-bond acceptors (Lipinski definition) is 3. The molecule has 0 spiro atoms. The summed E-state index contributed by atoms with van der Waals surface area (Å²) in [6, 6.07) is 16.6. The molecule has 2 rings (SSSR count). The largest absolute Gasteiger partial charge is 0.497 e. The number of hydrogen-bond donors (Lipinski definition) is 0. The van der Waals surface area contributed by atoms with E-state index in [4.69, 9.17) is 14.0 Å². The summed E-state index contributed by atoms with van der Waals surface area (Å²) >= 11 is 0. The van der Waals surface area contributed by atoms with Crippen molar-refractivity contribution in [3.63, 3.8) is 0 Å². The van der Waals surface area contributed by atoms with Crippen LogP contribution < -0.4 is 9.47 Å². The van der Waals surface area contributed by atoms with Crippen molar-refractivity contribution in [2.75, 3.05) is 20.8 Å². The van der Waals surface area contributed by atoms with Crippen molar-refractivity contribution in [2.45, 2.75) is 32.1 Å². The maximum atomic E-state index is 6.21. The van der Waals surface area contributed by atoms with Crippen LogP contribution in [0.1, 0.15) is 30.9 Å². The van der Waals surface area contributed by atoms with E-state index < -0.39 is 8.15 Å². The quantitative estimate of drug-likeness (QED) is 0.413. The average Bonchev–Trinajstić information content (AvgIpc) is 2.63. The highest BCUT2D eigenvalue weighted by Crippen LogP contribution is 2.45. The number of unbranched alkanes of at least 4 members (excludes halogenated alkanes) is 1. The summed E-state index contributed by atoms with van der Waals surface area (Å²) in [4.78, 5) is 0. The van der Waals surface area contributed by atoms with Gasteiger partial charge in [-0.15, -0.1) is 0 Å². The molecule has 24 heavy (non-hydrogen) atoms. The fourth-order valence-electron chi connectivity index (χ4n) is 2.35. The standard InChI is InChI=1S/C20H27O3P/c1-4-5-14-23-24(15-17-6-10-19(21-2)11-7-17)16-18-8-12-20(22-3)13-9-18/h6-13H,4-5,14-16H2,1-3H3. The molecule has 0 saturated heterocycles. The first kappa shape index (κ1) is 18.8. The molecule has 2 aromatic carbocycles. The van der Waals surface area contributed by atoms with Crippen LogP contribution >= 0.6 is 8.15 Å². The summed E-state index contributed by atoms with van der Waals surface area (Å²) < 4.78 is 16.7. The van der Waals surface area contributed by atoms with Crippen LogP contribution in [0.5, 0.6) is 11.5 Å². The summed E-state index contributed by atoms with van der Waals surface area (Å²) in [7, 11) is 2.85. The molecule has 0 fully saturated rings. The first-order valence-electron chi connectivity index (χ1n) is 8.39. The second-order valence-corrected chi connectivity index (χ2v) is 7.54. The highest BCUT2D eigenvalue weighted by atomic mass is 31.1. The fraction of sp³-hybridized carbons (Fsp3) is 0.400. The van der Waals surface area contributed by atoms with E-state index in [1.165, 1.54) is 11.1 Å². The van der Waals surface area contributed by atoms with Crippen molar-refractivity contribution in [3.8, 4) is 11.5 Å². The van der Waals surface area contributed by atoms with Crippen LogP contribution in [0.2, 0.25) is 0 Å². The van der Waals surface area contributed by atoms with Crippen LogP contribution in [-0.4, -0.2) is 20.8 Å². The molecule has 0 radical (unpaired) electrons. The Kier molecular flexibility index (Phi) is 8.07. The van der Waals surface area contributed by atoms with Gasteiger partial charge in [0.25, 0.3) is 0 Å². The number of ether oxygens (including phenoxy) is 2. The Labute approximate surface area is 146 Å². The van der Waals surface area contributed by atoms with Gasteiger partial charge < -0.3 is 14.0 Å². The van der Waals surface area contributed by atoms with Crippen molar-refractivity contribution in [2.24, 2.45) is 0 Å². The first-order valence-corrected chi connectivity index (χ1v) is 10.0. The van der Waals surface area contributed by atoms with E-state index in [9.17, 15) is 0 Å². The number of benzene rings is 2. The lowest BCUT2D eigenvalue weighted by molar-refractivity contribution is 0.340. The van der Waals surface area contributed by atoms with Crippen LogP contribution in [0.15, 0.2) is 48.5 Å². The van der Waals surface area contributed by atoms with Gasteiger partial charge in [0.05, 0.1) is 20.8 Å². The van der Waals surface area contributed by atoms with Gasteiger partial charge >= 0.3 is 0 Å². The zero-order chi connectivity index (χ0) is 17.2. The van der Waals surface area contributed by atoms with E-state index in [0.717, 1.165) is 43.3 Å². The minimum Gasteiger partial charge on any atom is -0.497 e. The molecule has 0 aromatic heterocycles. The molecule has 0 aliphatic heterocycles.